The summed E-state index contributed by atoms with van der Waals surface area (Å²) in [5.41, 5.74) is 23.1. The first-order chi connectivity index (χ1) is 48.3. The zero-order valence-electron chi connectivity index (χ0n) is 58.1. The number of amides is 13. The van der Waals surface area contributed by atoms with Crippen LogP contribution in [0.3, 0.4) is 0 Å². The third-order valence-electron chi connectivity index (χ3n) is 17.0. The Morgan fingerprint density at radius 1 is 0.588 bits per heavy atom. The zero-order chi connectivity index (χ0) is 75.2. The molecule has 37 heteroatoms. The van der Waals surface area contributed by atoms with Gasteiger partial charge in [-0.25, -0.2) is 0 Å². The fourth-order valence-corrected chi connectivity index (χ4v) is 13.9. The van der Waals surface area contributed by atoms with Crippen molar-refractivity contribution in [3.8, 4) is 5.75 Å². The van der Waals surface area contributed by atoms with E-state index >= 15 is 4.79 Å². The molecule has 0 aliphatic carbocycles. The summed E-state index contributed by atoms with van der Waals surface area (Å²) >= 11 is 2.34. The number of thioether (sulfide) groups is 2. The fraction of sp³-hybridized carbons (Fsp3) is 0.662. The molecule has 4 aliphatic heterocycles. The van der Waals surface area contributed by atoms with Gasteiger partial charge in [0.2, 0.25) is 76.8 Å². The van der Waals surface area contributed by atoms with Gasteiger partial charge in [0, 0.05) is 81.0 Å². The van der Waals surface area contributed by atoms with Gasteiger partial charge < -0.3 is 98.4 Å². The van der Waals surface area contributed by atoms with E-state index in [-0.39, 0.29) is 120 Å². The first kappa shape index (κ1) is 83.7. The number of guanidine groups is 1. The van der Waals surface area contributed by atoms with E-state index in [1.807, 2.05) is 6.07 Å². The van der Waals surface area contributed by atoms with Crippen LogP contribution < -0.4 is 90.7 Å². The summed E-state index contributed by atoms with van der Waals surface area (Å²) in [6.07, 6.45) is -0.748. The topological polar surface area (TPSA) is 553 Å². The molecule has 0 unspecified atom stereocenters. The first-order valence-corrected chi connectivity index (χ1v) is 36.4. The van der Waals surface area contributed by atoms with Gasteiger partial charge in [-0.2, -0.15) is 23.5 Å². The Morgan fingerprint density at radius 3 is 1.70 bits per heavy atom. The number of nitrogens with zero attached hydrogens (tertiary/aromatic N) is 2. The maximum Gasteiger partial charge on any atom is 0.338 e. The number of methoxy groups -OCH3 is 1. The molecule has 1 aromatic rings. The van der Waals surface area contributed by atoms with E-state index in [4.69, 9.17) is 32.4 Å². The van der Waals surface area contributed by atoms with E-state index in [2.05, 4.69) is 52.8 Å². The molecular weight excluding hydrogens is 1370 g/mol. The molecule has 5 rings (SSSR count). The van der Waals surface area contributed by atoms with Gasteiger partial charge >= 0.3 is 5.96 Å². The highest BCUT2D eigenvalue weighted by atomic mass is 32.2. The molecule has 18 N–H and O–H groups in total. The average Bonchev–Trinajstić information content (AvgIpc) is 1.60. The number of carboxylic acid groups (broad SMARTS) is 2. The number of carboxylic acids is 2. The van der Waals surface area contributed by atoms with Crippen LogP contribution >= 0.6 is 23.5 Å². The predicted molar refractivity (Wildman–Crippen MR) is 366 cm³/mol. The van der Waals surface area contributed by atoms with Crippen molar-refractivity contribution in [1.29, 1.82) is 0 Å². The van der Waals surface area contributed by atoms with Crippen molar-refractivity contribution in [3.05, 3.63) is 29.3 Å². The standard InChI is InChI=1S/C65H100N16O19S2/c1-65(2,3)30-44-62(97)80-22-10-13-47(80)60(95)74-40(16-18-49(66)82)56(91)73-41(17-19-52(85)86)57(92)78-45(54(67)89)34-101-32-36-26-37-28-38(27-36)100-24-8-6-5-7-15-50(83)71-31-51(84)72-39(12-9-21-70-64(68)69)55(90)79-46(35-102-33-37)63(98)81-23-11-14-48(81)61(96)75-42(20-25-99-4)58(93)76-43(29-53(87)88)59(94)77-44/h26-28,39-48H,5-25,29-35H2,1-4H3,(H2,66,82)(H2,67,89)(H,71,83)(H,72,84)(H,73,91)(H,74,95)(H,75,96)(H,76,93)(H,77,94)(H,78,92)(H,79,90)(H,85,86)(H,87,88)(H4,68,69,70)/p-1/t39-,40-,41-,42-,43-,44-,45-,46-,47-,48-/m0/s1. The van der Waals surface area contributed by atoms with Crippen LogP contribution in [0.5, 0.6) is 5.75 Å². The lowest BCUT2D eigenvalue weighted by Crippen LogP contribution is -2.78. The van der Waals surface area contributed by atoms with Crippen molar-refractivity contribution in [1.82, 2.24) is 57.7 Å². The summed E-state index contributed by atoms with van der Waals surface area (Å²) in [6.45, 7) is 4.83. The maximum absolute atomic E-state index is 15.2. The molecule has 102 heavy (non-hydrogen) atoms. The number of hydrogen-bond donors (Lipinski definition) is 14. The van der Waals surface area contributed by atoms with Crippen molar-refractivity contribution in [3.63, 3.8) is 0 Å². The molecule has 2 saturated heterocycles. The average molecular weight is 1470 g/mol. The van der Waals surface area contributed by atoms with Crippen LogP contribution in [0.4, 0.5) is 0 Å². The zero-order valence-corrected chi connectivity index (χ0v) is 59.7. The van der Waals surface area contributed by atoms with E-state index < -0.39 is 193 Å². The van der Waals surface area contributed by atoms with Crippen LogP contribution in [0, 0.1) is 5.41 Å². The van der Waals surface area contributed by atoms with Gasteiger partial charge in [0.15, 0.2) is 0 Å². The predicted octanol–water partition coefficient (Wildman–Crippen LogP) is -7.49. The summed E-state index contributed by atoms with van der Waals surface area (Å²) in [7, 11) is 1.31. The second-order valence-corrected chi connectivity index (χ2v) is 28.8. The van der Waals surface area contributed by atoms with Crippen molar-refractivity contribution in [2.75, 3.05) is 58.0 Å². The number of carbonyl (C=O) groups is 15. The van der Waals surface area contributed by atoms with Crippen LogP contribution in [0.1, 0.15) is 147 Å². The highest BCUT2D eigenvalue weighted by Gasteiger charge is 2.43. The molecule has 0 radical (unpaired) electrons. The van der Waals surface area contributed by atoms with Gasteiger partial charge in [-0.15, -0.1) is 0 Å². The van der Waals surface area contributed by atoms with Gasteiger partial charge in [-0.1, -0.05) is 39.7 Å². The highest BCUT2D eigenvalue weighted by molar-refractivity contribution is 7.98. The molecule has 2 fully saturated rings. The Labute approximate surface area is 599 Å². The molecule has 4 bridgehead atoms. The van der Waals surface area contributed by atoms with Crippen LogP contribution in [0.25, 0.3) is 0 Å². The lowest BCUT2D eigenvalue weighted by atomic mass is 9.87. The Morgan fingerprint density at radius 2 is 1.12 bits per heavy atom. The summed E-state index contributed by atoms with van der Waals surface area (Å²) < 4.78 is 11.5. The number of rotatable bonds is 17. The Bertz CT molecular complexity index is 3210. The minimum atomic E-state index is -1.98. The molecule has 566 valence electrons. The van der Waals surface area contributed by atoms with Crippen molar-refractivity contribution >= 4 is 118 Å². The van der Waals surface area contributed by atoms with E-state index in [1.165, 1.54) is 23.8 Å². The number of aliphatic carboxylic acids is 2. The largest absolute Gasteiger partial charge is 0.550 e. The van der Waals surface area contributed by atoms with Gasteiger partial charge in [-0.3, -0.25) is 78.8 Å². The molecule has 4 aliphatic rings. The van der Waals surface area contributed by atoms with E-state index in [1.54, 1.807) is 32.9 Å². The number of nitrogens with two attached hydrogens (primary N) is 4. The molecule has 10 atom stereocenters. The number of ether oxygens (including phenoxy) is 2. The quantitative estimate of drug-likeness (QED) is 0.0391. The fourth-order valence-electron chi connectivity index (χ4n) is 11.9. The second kappa shape index (κ2) is 41.8. The number of nitrogens with one attached hydrogen (secondary N) is 10. The molecule has 35 nitrogen and oxygen atoms in total. The van der Waals surface area contributed by atoms with Crippen LogP contribution in [-0.4, -0.2) is 223 Å². The molecular formula is C65H99N16O19S2-. The third-order valence-corrected chi connectivity index (χ3v) is 19.2. The monoisotopic (exact) mass is 1470 g/mol. The SMILES string of the molecule is COCC[C@@H]1NC(=O)[C@@H]2CCCN2C(=O)[C@@H]2CSCc3cc(cc(c3)OCCCCCCC(=O)NCC(=O)N[C@@H](CCC[NH+]=C(N)N)C(=O)N2)CSC[C@@H](C(N)=O)NC(=O)[C@H](CCC(=O)[O-])NC(=O)[C@H](CCC(N)=O)NC(=O)[C@@H]2CCCN2C(=O)[C@H](CC(C)(C)C)NC(=O)[C@H](CC(=O)[O-])NC1=O. The maximum atomic E-state index is 15.2. The molecule has 4 heterocycles. The Balaban J connectivity index is 1.62. The summed E-state index contributed by atoms with van der Waals surface area (Å²) in [5, 5.41) is 47.3. The molecule has 0 saturated carbocycles. The van der Waals surface area contributed by atoms with Gasteiger partial charge in [0.05, 0.1) is 19.7 Å². The van der Waals surface area contributed by atoms with Gasteiger partial charge in [0.1, 0.15) is 66.2 Å². The Hall–Kier alpha value is -9.00. The number of primary amides is 2. The van der Waals surface area contributed by atoms with Crippen LogP contribution in [0.15, 0.2) is 18.2 Å². The van der Waals surface area contributed by atoms with Crippen molar-refractivity contribution in [2.45, 2.75) is 208 Å². The molecule has 0 spiro atoms. The summed E-state index contributed by atoms with van der Waals surface area (Å²) in [4.78, 5) is 212. The minimum Gasteiger partial charge on any atom is -0.550 e. The summed E-state index contributed by atoms with van der Waals surface area (Å²) in [6, 6.07) is -9.93. The number of carbonyl (C=O) groups excluding carboxylic acids is 15. The Kier molecular flexibility index (Phi) is 34.3. The minimum absolute atomic E-state index is 0.00198. The van der Waals surface area contributed by atoms with Crippen molar-refractivity contribution < 1.29 is 96.6 Å². The lowest BCUT2D eigenvalue weighted by Gasteiger charge is -2.33. The number of fused-ring (bicyclic) bond motifs is 7. The van der Waals surface area contributed by atoms with Crippen LogP contribution in [0.2, 0.25) is 0 Å². The highest BCUT2D eigenvalue weighted by Crippen LogP contribution is 2.29. The molecule has 1 aromatic carbocycles. The van der Waals surface area contributed by atoms with E-state index in [9.17, 15) is 77.3 Å². The number of benzene rings is 1. The van der Waals surface area contributed by atoms with E-state index in [0.29, 0.717) is 42.6 Å². The van der Waals surface area contributed by atoms with Crippen molar-refractivity contribution in [2.24, 2.45) is 28.3 Å². The van der Waals surface area contributed by atoms with E-state index in [0.717, 1.165) is 16.7 Å². The summed E-state index contributed by atoms with van der Waals surface area (Å²) in [5.74, 6) is -14.8. The smallest absolute Gasteiger partial charge is 0.338 e. The third kappa shape index (κ3) is 28.8. The van der Waals surface area contributed by atoms with Gasteiger partial charge in [0.25, 0.3) is 0 Å². The van der Waals surface area contributed by atoms with Gasteiger partial charge in [-0.05, 0) is 112 Å². The second-order valence-electron chi connectivity index (χ2n) is 26.7. The molecule has 0 aromatic heterocycles. The van der Waals surface area contributed by atoms with Crippen LogP contribution in [-0.2, 0) is 88.2 Å². The normalized spacial score (nSPS) is 25.4. The lowest BCUT2D eigenvalue weighted by molar-refractivity contribution is -0.459. The first-order valence-electron chi connectivity index (χ1n) is 34.1. The molecule has 13 amide bonds. The number of hydrogen-bond acceptors (Lipinski definition) is 21.